The van der Waals surface area contributed by atoms with E-state index in [-0.39, 0.29) is 37.6 Å². The Balaban J connectivity index is 2.07. The maximum atomic E-state index is 12.4. The molecule has 7 heteroatoms. The van der Waals surface area contributed by atoms with Crippen molar-refractivity contribution in [1.29, 1.82) is 0 Å². The first-order valence-corrected chi connectivity index (χ1v) is 9.94. The lowest BCUT2D eigenvalue weighted by Crippen LogP contribution is -2.15. The van der Waals surface area contributed by atoms with Crippen LogP contribution in [0.15, 0.2) is 72.8 Å². The third-order valence-corrected chi connectivity index (χ3v) is 4.12. The molecule has 2 aromatic rings. The van der Waals surface area contributed by atoms with Crippen LogP contribution in [0, 0.1) is 0 Å². The number of hydrogen-bond donors (Lipinski definition) is 0. The molecular formula is C25H26O7. The molecule has 2 aromatic carbocycles. The molecule has 0 amide bonds. The number of benzene rings is 2. The molecule has 0 bridgehead atoms. The second-order valence-corrected chi connectivity index (χ2v) is 6.89. The standard InChI is InChI=1S/C25H26O7/c1-17(2)23(26)30-13-12-29-22-16-20(10-11-21(22)19-8-6-5-7-9-19)25(28)32-15-14-31-24(27)18(3)4/h5-11,16H,1,3,12-15H2,2,4H3. The normalized spacial score (nSPS) is 10.1. The number of ether oxygens (including phenoxy) is 4. The molecule has 0 atom stereocenters. The van der Waals surface area contributed by atoms with Gasteiger partial charge in [-0.3, -0.25) is 0 Å². The molecule has 0 saturated carbocycles. The quantitative estimate of drug-likeness (QED) is 0.226. The lowest BCUT2D eigenvalue weighted by molar-refractivity contribution is -0.140. The van der Waals surface area contributed by atoms with Crippen molar-refractivity contribution in [2.45, 2.75) is 13.8 Å². The average molecular weight is 438 g/mol. The summed E-state index contributed by atoms with van der Waals surface area (Å²) in [5, 5.41) is 0. The lowest BCUT2D eigenvalue weighted by Gasteiger charge is -2.14. The second kappa shape index (κ2) is 12.1. The molecule has 0 aliphatic rings. The van der Waals surface area contributed by atoms with Gasteiger partial charge in [0.15, 0.2) is 0 Å². The Morgan fingerprint density at radius 1 is 0.750 bits per heavy atom. The first-order chi connectivity index (χ1) is 15.3. The maximum Gasteiger partial charge on any atom is 0.338 e. The lowest BCUT2D eigenvalue weighted by atomic mass is 10.0. The van der Waals surface area contributed by atoms with E-state index in [9.17, 15) is 14.4 Å². The van der Waals surface area contributed by atoms with E-state index in [4.69, 9.17) is 18.9 Å². The largest absolute Gasteiger partial charge is 0.489 e. The van der Waals surface area contributed by atoms with E-state index in [0.717, 1.165) is 11.1 Å². The summed E-state index contributed by atoms with van der Waals surface area (Å²) in [5.41, 5.74) is 2.50. The SMILES string of the molecule is C=C(C)C(=O)OCCOC(=O)c1ccc(-c2ccccc2)c(OCCOC(=O)C(=C)C)c1. The monoisotopic (exact) mass is 438 g/mol. The Kier molecular flexibility index (Phi) is 9.22. The van der Waals surface area contributed by atoms with Crippen molar-refractivity contribution in [3.63, 3.8) is 0 Å². The van der Waals surface area contributed by atoms with E-state index >= 15 is 0 Å². The predicted molar refractivity (Wildman–Crippen MR) is 119 cm³/mol. The number of hydrogen-bond acceptors (Lipinski definition) is 7. The summed E-state index contributed by atoms with van der Waals surface area (Å²) in [6.45, 7) is 10.1. The molecular weight excluding hydrogens is 412 g/mol. The fourth-order valence-electron chi connectivity index (χ4n) is 2.51. The molecule has 0 aliphatic heterocycles. The number of esters is 3. The number of rotatable bonds is 11. The first kappa shape index (κ1) is 24.4. The first-order valence-electron chi connectivity index (χ1n) is 9.94. The molecule has 0 unspecified atom stereocenters. The van der Waals surface area contributed by atoms with Crippen molar-refractivity contribution in [3.05, 3.63) is 78.4 Å². The summed E-state index contributed by atoms with van der Waals surface area (Å²) >= 11 is 0. The van der Waals surface area contributed by atoms with Gasteiger partial charge in [0, 0.05) is 16.7 Å². The van der Waals surface area contributed by atoms with E-state index in [2.05, 4.69) is 13.2 Å². The van der Waals surface area contributed by atoms with Crippen LogP contribution in [-0.4, -0.2) is 44.3 Å². The molecule has 0 radical (unpaired) electrons. The van der Waals surface area contributed by atoms with E-state index in [1.807, 2.05) is 30.3 Å². The minimum absolute atomic E-state index is 0.0304. The average Bonchev–Trinajstić information content (AvgIpc) is 2.79. The highest BCUT2D eigenvalue weighted by Crippen LogP contribution is 2.31. The van der Waals surface area contributed by atoms with Gasteiger partial charge in [-0.25, -0.2) is 14.4 Å². The molecule has 0 N–H and O–H groups in total. The van der Waals surface area contributed by atoms with Crippen LogP contribution in [0.2, 0.25) is 0 Å². The number of carbonyl (C=O) groups excluding carboxylic acids is 3. The van der Waals surface area contributed by atoms with Crippen LogP contribution in [-0.2, 0) is 23.8 Å². The van der Waals surface area contributed by atoms with Gasteiger partial charge in [0.05, 0.1) is 5.56 Å². The van der Waals surface area contributed by atoms with Crippen LogP contribution in [0.1, 0.15) is 24.2 Å². The molecule has 0 fully saturated rings. The van der Waals surface area contributed by atoms with Gasteiger partial charge in [-0.2, -0.15) is 0 Å². The molecule has 2 rings (SSSR count). The van der Waals surface area contributed by atoms with Crippen LogP contribution < -0.4 is 4.74 Å². The minimum Gasteiger partial charge on any atom is -0.489 e. The molecule has 0 saturated heterocycles. The van der Waals surface area contributed by atoms with Gasteiger partial charge < -0.3 is 18.9 Å². The molecule has 0 spiro atoms. The van der Waals surface area contributed by atoms with Gasteiger partial charge in [0.1, 0.15) is 32.2 Å². The zero-order valence-electron chi connectivity index (χ0n) is 18.2. The van der Waals surface area contributed by atoms with Crippen LogP contribution in [0.3, 0.4) is 0 Å². The molecule has 7 nitrogen and oxygen atoms in total. The summed E-state index contributed by atoms with van der Waals surface area (Å²) in [5.74, 6) is -1.20. The summed E-state index contributed by atoms with van der Waals surface area (Å²) in [4.78, 5) is 35.3. The smallest absolute Gasteiger partial charge is 0.338 e. The van der Waals surface area contributed by atoms with Gasteiger partial charge in [-0.15, -0.1) is 0 Å². The fraction of sp³-hybridized carbons (Fsp3) is 0.240. The zero-order chi connectivity index (χ0) is 23.5. The maximum absolute atomic E-state index is 12.4. The second-order valence-electron chi connectivity index (χ2n) is 6.89. The van der Waals surface area contributed by atoms with E-state index < -0.39 is 17.9 Å². The fourth-order valence-corrected chi connectivity index (χ4v) is 2.51. The highest BCUT2D eigenvalue weighted by molar-refractivity contribution is 5.91. The van der Waals surface area contributed by atoms with Crippen molar-refractivity contribution < 1.29 is 33.3 Å². The van der Waals surface area contributed by atoms with Crippen LogP contribution in [0.5, 0.6) is 5.75 Å². The highest BCUT2D eigenvalue weighted by atomic mass is 16.6. The summed E-state index contributed by atoms with van der Waals surface area (Å²) in [7, 11) is 0. The van der Waals surface area contributed by atoms with Crippen LogP contribution >= 0.6 is 0 Å². The van der Waals surface area contributed by atoms with Crippen LogP contribution in [0.25, 0.3) is 11.1 Å². The molecule has 0 heterocycles. The third kappa shape index (κ3) is 7.43. The topological polar surface area (TPSA) is 88.1 Å². The van der Waals surface area contributed by atoms with Crippen molar-refractivity contribution in [1.82, 2.24) is 0 Å². The Morgan fingerprint density at radius 2 is 1.31 bits per heavy atom. The Hall–Kier alpha value is -3.87. The van der Waals surface area contributed by atoms with Crippen molar-refractivity contribution in [2.24, 2.45) is 0 Å². The Bertz CT molecular complexity index is 993. The molecule has 32 heavy (non-hydrogen) atoms. The van der Waals surface area contributed by atoms with E-state index in [1.165, 1.54) is 6.92 Å². The molecule has 168 valence electrons. The Morgan fingerprint density at radius 3 is 1.91 bits per heavy atom. The third-order valence-electron chi connectivity index (χ3n) is 4.12. The summed E-state index contributed by atoms with van der Waals surface area (Å²) < 4.78 is 20.9. The van der Waals surface area contributed by atoms with Crippen LogP contribution in [0.4, 0.5) is 0 Å². The minimum atomic E-state index is -0.588. The van der Waals surface area contributed by atoms with Crippen molar-refractivity contribution in [3.8, 4) is 16.9 Å². The van der Waals surface area contributed by atoms with Crippen molar-refractivity contribution >= 4 is 17.9 Å². The summed E-state index contributed by atoms with van der Waals surface area (Å²) in [6.07, 6.45) is 0. The van der Waals surface area contributed by atoms with Gasteiger partial charge >= 0.3 is 17.9 Å². The highest BCUT2D eigenvalue weighted by Gasteiger charge is 2.14. The number of carbonyl (C=O) groups is 3. The predicted octanol–water partition coefficient (Wildman–Crippen LogP) is 4.13. The molecule has 0 aromatic heterocycles. The van der Waals surface area contributed by atoms with E-state index in [0.29, 0.717) is 11.3 Å². The molecule has 0 aliphatic carbocycles. The van der Waals surface area contributed by atoms with Gasteiger partial charge in [0.2, 0.25) is 0 Å². The summed E-state index contributed by atoms with van der Waals surface area (Å²) in [6, 6.07) is 14.4. The van der Waals surface area contributed by atoms with Crippen molar-refractivity contribution in [2.75, 3.05) is 26.4 Å². The van der Waals surface area contributed by atoms with Gasteiger partial charge in [-0.05, 0) is 37.6 Å². The Labute approximate surface area is 187 Å². The van der Waals surface area contributed by atoms with E-state index in [1.54, 1.807) is 25.1 Å². The van der Waals surface area contributed by atoms with Gasteiger partial charge in [0.25, 0.3) is 0 Å². The zero-order valence-corrected chi connectivity index (χ0v) is 18.2. The van der Waals surface area contributed by atoms with Gasteiger partial charge in [-0.1, -0.05) is 43.5 Å².